The number of hydrogen-bond acceptors (Lipinski definition) is 7. The Balaban J connectivity index is 1.45. The van der Waals surface area contributed by atoms with Crippen molar-refractivity contribution in [2.45, 2.75) is 13.1 Å². The molecule has 1 aromatic heterocycles. The summed E-state index contributed by atoms with van der Waals surface area (Å²) >= 11 is 0. The average Bonchev–Trinajstić information content (AvgIpc) is 3.03. The molecule has 1 heterocycles. The molecule has 0 fully saturated rings. The molecule has 11 heteroatoms. The smallest absolute Gasteiger partial charge is 0.420 e. The Morgan fingerprint density at radius 3 is 2.27 bits per heavy atom. The van der Waals surface area contributed by atoms with Crippen molar-refractivity contribution in [3.05, 3.63) is 102 Å². The Morgan fingerprint density at radius 1 is 0.822 bits per heavy atom. The first-order valence-electron chi connectivity index (χ1n) is 13.6. The second-order valence-electron chi connectivity index (χ2n) is 9.71. The topological polar surface area (TPSA) is 96.0 Å². The number of hydrogen-bond donors (Lipinski definition) is 1. The summed E-state index contributed by atoms with van der Waals surface area (Å²) < 4.78 is 63.8. The number of fused-ring (bicyclic) bond motifs is 2. The number of aromatic nitrogens is 1. The summed E-state index contributed by atoms with van der Waals surface area (Å²) in [5.74, 6) is 0.295. The molecule has 0 saturated heterocycles. The predicted octanol–water partition coefficient (Wildman–Crippen LogP) is 7.99. The maximum absolute atomic E-state index is 13.8. The Bertz CT molecular complexity index is 1940. The fraction of sp³-hybridized carbons (Fsp3) is 0.147. The average molecular weight is 617 g/mol. The highest BCUT2D eigenvalue weighted by atomic mass is 19.4. The number of nitrogens with zero attached hydrogens (tertiary/aromatic N) is 1. The van der Waals surface area contributed by atoms with E-state index in [0.29, 0.717) is 44.7 Å². The van der Waals surface area contributed by atoms with Gasteiger partial charge >= 0.3 is 6.18 Å². The van der Waals surface area contributed by atoms with Gasteiger partial charge in [-0.25, -0.2) is 0 Å². The molecule has 1 amide bonds. The van der Waals surface area contributed by atoms with Gasteiger partial charge in [-0.15, -0.1) is 0 Å². The molecule has 5 aromatic rings. The van der Waals surface area contributed by atoms with Crippen LogP contribution < -0.4 is 24.3 Å². The van der Waals surface area contributed by atoms with E-state index in [4.69, 9.17) is 18.9 Å². The van der Waals surface area contributed by atoms with Gasteiger partial charge in [0.05, 0.1) is 25.3 Å². The van der Waals surface area contributed by atoms with Gasteiger partial charge in [0.2, 0.25) is 0 Å². The summed E-state index contributed by atoms with van der Waals surface area (Å²) in [6.45, 7) is 1.05. The minimum absolute atomic E-state index is 0.100. The van der Waals surface area contributed by atoms with Gasteiger partial charge in [0.25, 0.3) is 5.91 Å². The molecule has 8 nitrogen and oxygen atoms in total. The highest BCUT2D eigenvalue weighted by Crippen LogP contribution is 2.40. The third-order valence-corrected chi connectivity index (χ3v) is 6.82. The monoisotopic (exact) mass is 616 g/mol. The summed E-state index contributed by atoms with van der Waals surface area (Å²) in [6.07, 6.45) is -0.527. The number of halogens is 3. The summed E-state index contributed by atoms with van der Waals surface area (Å²) in [7, 11) is 3.06. The first-order chi connectivity index (χ1) is 21.6. The molecule has 0 unspecified atom stereocenters. The number of allylic oxidation sites excluding steroid dienone is 1. The van der Waals surface area contributed by atoms with Crippen molar-refractivity contribution < 1.29 is 41.7 Å². The van der Waals surface area contributed by atoms with Gasteiger partial charge in [0, 0.05) is 34.3 Å². The molecule has 0 aliphatic rings. The van der Waals surface area contributed by atoms with Crippen LogP contribution in [-0.2, 0) is 11.0 Å². The number of amides is 1. The van der Waals surface area contributed by atoms with Gasteiger partial charge in [-0.3, -0.25) is 14.6 Å². The summed E-state index contributed by atoms with van der Waals surface area (Å²) in [5.41, 5.74) is -0.392. The number of carbonyl (C=O) groups excluding carboxylic acids is 2. The third kappa shape index (κ3) is 6.67. The van der Waals surface area contributed by atoms with Crippen LogP contribution in [0.1, 0.15) is 22.8 Å². The van der Waals surface area contributed by atoms with E-state index in [0.717, 1.165) is 12.1 Å². The van der Waals surface area contributed by atoms with Crippen LogP contribution in [0.4, 0.5) is 18.9 Å². The first-order valence-corrected chi connectivity index (χ1v) is 13.6. The Kier molecular flexibility index (Phi) is 8.89. The van der Waals surface area contributed by atoms with Crippen molar-refractivity contribution in [1.82, 2.24) is 4.98 Å². The van der Waals surface area contributed by atoms with E-state index in [-0.39, 0.29) is 11.3 Å². The van der Waals surface area contributed by atoms with Gasteiger partial charge in [-0.1, -0.05) is 30.3 Å². The normalized spacial score (nSPS) is 11.5. The number of nitrogens with one attached hydrogen (secondary N) is 1. The maximum Gasteiger partial charge on any atom is 0.420 e. The van der Waals surface area contributed by atoms with Crippen LogP contribution in [-0.4, -0.2) is 37.5 Å². The number of ketones is 1. The van der Waals surface area contributed by atoms with Crippen LogP contribution in [0.2, 0.25) is 0 Å². The molecule has 1 N–H and O–H groups in total. The number of carbonyl (C=O) groups is 2. The van der Waals surface area contributed by atoms with Gasteiger partial charge in [-0.05, 0) is 60.9 Å². The molecule has 230 valence electrons. The molecule has 4 aromatic carbocycles. The molecule has 0 aliphatic carbocycles. The number of alkyl halides is 3. The van der Waals surface area contributed by atoms with Crippen LogP contribution in [0.3, 0.4) is 0 Å². The van der Waals surface area contributed by atoms with Crippen molar-refractivity contribution in [3.8, 4) is 28.7 Å². The number of rotatable bonds is 10. The van der Waals surface area contributed by atoms with Crippen molar-refractivity contribution >= 4 is 39.1 Å². The molecule has 0 aliphatic heterocycles. The van der Waals surface area contributed by atoms with Crippen LogP contribution in [0.15, 0.2) is 91.1 Å². The second-order valence-corrected chi connectivity index (χ2v) is 9.71. The summed E-state index contributed by atoms with van der Waals surface area (Å²) in [5, 5.41) is 4.33. The van der Waals surface area contributed by atoms with E-state index in [1.807, 2.05) is 0 Å². The van der Waals surface area contributed by atoms with Crippen molar-refractivity contribution in [1.29, 1.82) is 0 Å². The zero-order valence-corrected chi connectivity index (χ0v) is 24.4. The first kappa shape index (κ1) is 30.9. The van der Waals surface area contributed by atoms with E-state index in [1.165, 1.54) is 32.4 Å². The van der Waals surface area contributed by atoms with Gasteiger partial charge in [0.15, 0.2) is 23.9 Å². The fourth-order valence-corrected chi connectivity index (χ4v) is 4.76. The molecular formula is C34H27F3N2O6. The number of anilines is 1. The molecular weight excluding hydrogens is 589 g/mol. The molecule has 0 radical (unpaired) electrons. The van der Waals surface area contributed by atoms with E-state index < -0.39 is 35.8 Å². The number of benzene rings is 4. The van der Waals surface area contributed by atoms with Crippen LogP contribution >= 0.6 is 0 Å². The van der Waals surface area contributed by atoms with Gasteiger partial charge in [-0.2, -0.15) is 13.2 Å². The van der Waals surface area contributed by atoms with Crippen molar-refractivity contribution in [2.75, 3.05) is 26.1 Å². The van der Waals surface area contributed by atoms with Crippen LogP contribution in [0.5, 0.6) is 28.7 Å². The number of methoxy groups -OCH3 is 2. The largest absolute Gasteiger partial charge is 0.493 e. The minimum atomic E-state index is -4.79. The van der Waals surface area contributed by atoms with Crippen LogP contribution in [0, 0.1) is 0 Å². The lowest BCUT2D eigenvalue weighted by atomic mass is 10.0. The van der Waals surface area contributed by atoms with E-state index in [9.17, 15) is 22.8 Å². The maximum atomic E-state index is 13.8. The Morgan fingerprint density at radius 2 is 1.53 bits per heavy atom. The van der Waals surface area contributed by atoms with Crippen molar-refractivity contribution in [3.63, 3.8) is 0 Å². The quantitative estimate of drug-likeness (QED) is 0.159. The zero-order chi connectivity index (χ0) is 32.1. The van der Waals surface area contributed by atoms with E-state index >= 15 is 0 Å². The third-order valence-electron chi connectivity index (χ3n) is 6.82. The van der Waals surface area contributed by atoms with Gasteiger partial charge in [0.1, 0.15) is 17.2 Å². The Hall–Kier alpha value is -5.58. The second kappa shape index (κ2) is 13.0. The zero-order valence-electron chi connectivity index (χ0n) is 24.4. The number of ether oxygens (including phenoxy) is 4. The highest BCUT2D eigenvalue weighted by molar-refractivity contribution is 6.14. The molecule has 0 atom stereocenters. The molecule has 0 saturated carbocycles. The number of pyridine rings is 1. The predicted molar refractivity (Wildman–Crippen MR) is 164 cm³/mol. The molecule has 0 spiro atoms. The summed E-state index contributed by atoms with van der Waals surface area (Å²) in [4.78, 5) is 29.5. The lowest BCUT2D eigenvalue weighted by molar-refractivity contribution is -0.139. The van der Waals surface area contributed by atoms with Crippen molar-refractivity contribution in [2.24, 2.45) is 0 Å². The SMILES string of the molecule is C/C=C/C(=O)COc1ccc(NC(=O)c2cccc3c(Oc4ccnc5cc(OC)c(OC)cc45)cccc23)cc1C(F)(F)F. The lowest BCUT2D eigenvalue weighted by Gasteiger charge is -2.16. The minimum Gasteiger partial charge on any atom is -0.493 e. The molecule has 5 rings (SSSR count). The summed E-state index contributed by atoms with van der Waals surface area (Å²) in [6, 6.07) is 18.5. The van der Waals surface area contributed by atoms with E-state index in [1.54, 1.807) is 67.7 Å². The highest BCUT2D eigenvalue weighted by Gasteiger charge is 2.35. The van der Waals surface area contributed by atoms with Crippen LogP contribution in [0.25, 0.3) is 21.7 Å². The standard InChI is InChI=1S/C34H27F3N2O6/c1-4-7-21(40)19-44-30-13-12-20(16-26(30)34(35,36)37)39-33(41)24-10-5-9-23-22(24)8-6-11-28(23)45-29-14-15-38-27-18-32(43-3)31(42-2)17-25(27)29/h4-18H,19H2,1-3H3,(H,39,41)/b7-4+. The van der Waals surface area contributed by atoms with E-state index in [2.05, 4.69) is 10.3 Å². The molecule has 45 heavy (non-hydrogen) atoms. The van der Waals surface area contributed by atoms with Gasteiger partial charge < -0.3 is 24.3 Å². The fourth-order valence-electron chi connectivity index (χ4n) is 4.76. The lowest BCUT2D eigenvalue weighted by Crippen LogP contribution is -2.16. The molecule has 0 bridgehead atoms. The Labute approximate surface area is 256 Å².